The molecule has 2 aromatic rings. The van der Waals surface area contributed by atoms with E-state index in [0.717, 1.165) is 37.7 Å². The van der Waals surface area contributed by atoms with E-state index in [4.69, 9.17) is 4.74 Å². The first-order chi connectivity index (χ1) is 16.1. The monoisotopic (exact) mass is 482 g/mol. The lowest BCUT2D eigenvalue weighted by molar-refractivity contribution is -0.170. The molecule has 1 amide bonds. The van der Waals surface area contributed by atoms with E-state index in [1.165, 1.54) is 6.07 Å². The minimum Gasteiger partial charge on any atom is -0.434 e. The van der Waals surface area contributed by atoms with Crippen molar-refractivity contribution in [3.8, 4) is 5.75 Å². The predicted octanol–water partition coefficient (Wildman–Crippen LogP) is 5.09. The van der Waals surface area contributed by atoms with Crippen LogP contribution in [0.5, 0.6) is 5.75 Å². The number of anilines is 1. The summed E-state index contributed by atoms with van der Waals surface area (Å²) in [5.41, 5.74) is 0.764. The Morgan fingerprint density at radius 3 is 2.62 bits per heavy atom. The van der Waals surface area contributed by atoms with Crippen molar-refractivity contribution in [1.82, 2.24) is 5.32 Å². The first kappa shape index (κ1) is 24.2. The molecule has 0 aliphatic carbocycles. The molecule has 5 nitrogen and oxygen atoms in total. The van der Waals surface area contributed by atoms with Crippen molar-refractivity contribution >= 4 is 17.2 Å². The number of halogens is 5. The van der Waals surface area contributed by atoms with Crippen LogP contribution in [0.2, 0.25) is 0 Å². The van der Waals surface area contributed by atoms with Crippen LogP contribution in [0.15, 0.2) is 54.6 Å². The van der Waals surface area contributed by atoms with E-state index >= 15 is 0 Å². The van der Waals surface area contributed by atoms with Gasteiger partial charge >= 0.3 is 18.7 Å². The van der Waals surface area contributed by atoms with Crippen LogP contribution in [0, 0.1) is 0 Å². The fourth-order valence-electron chi connectivity index (χ4n) is 4.51. The number of carbonyl (C=O) groups excluding carboxylic acids is 1. The molecule has 10 heteroatoms. The van der Waals surface area contributed by atoms with Gasteiger partial charge in [0.05, 0.1) is 12.6 Å². The van der Waals surface area contributed by atoms with Crippen LogP contribution in [0.3, 0.4) is 0 Å². The Labute approximate surface area is 193 Å². The number of carbonyl (C=O) groups is 1. The molecule has 2 aliphatic heterocycles. The van der Waals surface area contributed by atoms with Gasteiger partial charge in [-0.05, 0) is 54.8 Å². The van der Waals surface area contributed by atoms with Crippen LogP contribution >= 0.6 is 0 Å². The van der Waals surface area contributed by atoms with Crippen molar-refractivity contribution in [2.75, 3.05) is 25.1 Å². The van der Waals surface area contributed by atoms with E-state index in [-0.39, 0.29) is 29.6 Å². The van der Waals surface area contributed by atoms with Gasteiger partial charge in [-0.25, -0.2) is 0 Å². The Morgan fingerprint density at radius 2 is 1.94 bits per heavy atom. The van der Waals surface area contributed by atoms with Crippen LogP contribution in [-0.2, 0) is 9.53 Å². The van der Waals surface area contributed by atoms with Crippen molar-refractivity contribution in [2.45, 2.75) is 37.3 Å². The number of amides is 1. The standard InChI is InChI=1S/C24H23F5N2O3/c1-31(21(32)24(27,28)29)17-8-9-19(34-22(25)26)18(12-17)16-13-23(33-14-16)10-5-11-30-20(23)15-6-3-2-4-7-15/h2-4,6-9,12-13,20,22,30H,5,10-11,14H2,1H3/t20-,23+/m0/s1. The summed E-state index contributed by atoms with van der Waals surface area (Å²) in [4.78, 5) is 12.1. The molecule has 0 aromatic heterocycles. The summed E-state index contributed by atoms with van der Waals surface area (Å²) in [5, 5.41) is 3.45. The molecule has 1 spiro atoms. The quantitative estimate of drug-likeness (QED) is 0.604. The topological polar surface area (TPSA) is 50.8 Å². The summed E-state index contributed by atoms with van der Waals surface area (Å²) in [6.45, 7) is -2.32. The van der Waals surface area contributed by atoms with Gasteiger partial charge in [0.15, 0.2) is 0 Å². The van der Waals surface area contributed by atoms with Gasteiger partial charge in [-0.1, -0.05) is 30.3 Å². The van der Waals surface area contributed by atoms with Gasteiger partial charge < -0.3 is 19.7 Å². The number of rotatable bonds is 5. The number of hydrogen-bond donors (Lipinski definition) is 1. The highest BCUT2D eigenvalue weighted by Gasteiger charge is 2.45. The van der Waals surface area contributed by atoms with E-state index < -0.39 is 24.3 Å². The largest absolute Gasteiger partial charge is 0.471 e. The fourth-order valence-corrected chi connectivity index (χ4v) is 4.51. The summed E-state index contributed by atoms with van der Waals surface area (Å²) in [6.07, 6.45) is -1.76. The number of benzene rings is 2. The normalized spacial score (nSPS) is 22.7. The second-order valence-corrected chi connectivity index (χ2v) is 8.24. The van der Waals surface area contributed by atoms with Crippen LogP contribution in [0.4, 0.5) is 27.6 Å². The Balaban J connectivity index is 1.74. The second-order valence-electron chi connectivity index (χ2n) is 8.24. The van der Waals surface area contributed by atoms with E-state index in [0.29, 0.717) is 16.9 Å². The summed E-state index contributed by atoms with van der Waals surface area (Å²) in [7, 11) is 0.972. The van der Waals surface area contributed by atoms with Crippen LogP contribution in [-0.4, -0.2) is 44.5 Å². The number of ether oxygens (including phenoxy) is 2. The molecule has 0 radical (unpaired) electrons. The third-order valence-electron chi connectivity index (χ3n) is 6.09. The summed E-state index contributed by atoms with van der Waals surface area (Å²) in [6, 6.07) is 12.9. The van der Waals surface area contributed by atoms with Crippen molar-refractivity contribution < 1.29 is 36.2 Å². The van der Waals surface area contributed by atoms with Gasteiger partial charge in [0.25, 0.3) is 0 Å². The minimum atomic E-state index is -5.08. The van der Waals surface area contributed by atoms with Crippen LogP contribution in [0.1, 0.15) is 30.0 Å². The Kier molecular flexibility index (Phi) is 6.64. The van der Waals surface area contributed by atoms with Crippen molar-refractivity contribution in [3.05, 3.63) is 65.7 Å². The summed E-state index contributed by atoms with van der Waals surface area (Å²) in [5.74, 6) is -2.28. The van der Waals surface area contributed by atoms with Gasteiger partial charge in [0.2, 0.25) is 0 Å². The number of nitrogens with zero attached hydrogens (tertiary/aromatic N) is 1. The Bertz CT molecular complexity index is 1070. The second kappa shape index (κ2) is 9.34. The highest BCUT2D eigenvalue weighted by atomic mass is 19.4. The molecule has 182 valence electrons. The molecule has 2 atom stereocenters. The predicted molar refractivity (Wildman–Crippen MR) is 116 cm³/mol. The molecule has 2 heterocycles. The average Bonchev–Trinajstić information content (AvgIpc) is 3.22. The smallest absolute Gasteiger partial charge is 0.434 e. The molecule has 34 heavy (non-hydrogen) atoms. The molecule has 1 fully saturated rings. The minimum absolute atomic E-state index is 0.0466. The van der Waals surface area contributed by atoms with Crippen LogP contribution in [0.25, 0.3) is 5.57 Å². The third-order valence-corrected chi connectivity index (χ3v) is 6.09. The fraction of sp³-hybridized carbons (Fsp3) is 0.375. The van der Waals surface area contributed by atoms with E-state index in [1.807, 2.05) is 36.4 Å². The number of hydrogen-bond acceptors (Lipinski definition) is 4. The van der Waals surface area contributed by atoms with Crippen LogP contribution < -0.4 is 15.0 Å². The molecule has 0 unspecified atom stereocenters. The Hall–Kier alpha value is -2.98. The van der Waals surface area contributed by atoms with E-state index in [9.17, 15) is 26.7 Å². The lowest BCUT2D eigenvalue weighted by Gasteiger charge is -2.40. The highest BCUT2D eigenvalue weighted by Crippen LogP contribution is 2.45. The first-order valence-corrected chi connectivity index (χ1v) is 10.7. The molecule has 1 N–H and O–H groups in total. The van der Waals surface area contributed by atoms with Gasteiger partial charge in [-0.2, -0.15) is 22.0 Å². The summed E-state index contributed by atoms with van der Waals surface area (Å²) >= 11 is 0. The zero-order chi connectivity index (χ0) is 24.5. The van der Waals surface area contributed by atoms with E-state index in [1.54, 1.807) is 0 Å². The molecule has 0 saturated carbocycles. The van der Waals surface area contributed by atoms with Gasteiger partial charge in [-0.15, -0.1) is 0 Å². The molecular formula is C24H23F5N2O3. The average molecular weight is 482 g/mol. The molecule has 4 rings (SSSR count). The lowest BCUT2D eigenvalue weighted by atomic mass is 9.81. The van der Waals surface area contributed by atoms with Gasteiger partial charge in [0, 0.05) is 18.3 Å². The molecule has 0 bridgehead atoms. The summed E-state index contributed by atoms with van der Waals surface area (Å²) < 4.78 is 75.8. The number of nitrogens with one attached hydrogen (secondary N) is 1. The zero-order valence-corrected chi connectivity index (χ0v) is 18.2. The van der Waals surface area contributed by atoms with Crippen molar-refractivity contribution in [1.29, 1.82) is 0 Å². The van der Waals surface area contributed by atoms with Gasteiger partial charge in [-0.3, -0.25) is 4.79 Å². The maximum Gasteiger partial charge on any atom is 0.471 e. The molecular weight excluding hydrogens is 459 g/mol. The zero-order valence-electron chi connectivity index (χ0n) is 18.2. The lowest BCUT2D eigenvalue weighted by Crippen LogP contribution is -2.47. The van der Waals surface area contributed by atoms with Crippen molar-refractivity contribution in [3.63, 3.8) is 0 Å². The molecule has 2 aliphatic rings. The maximum absolute atomic E-state index is 13.1. The first-order valence-electron chi connectivity index (χ1n) is 10.7. The maximum atomic E-state index is 13.1. The Morgan fingerprint density at radius 1 is 1.21 bits per heavy atom. The highest BCUT2D eigenvalue weighted by molar-refractivity contribution is 5.97. The number of piperidine rings is 1. The SMILES string of the molecule is CN(C(=O)C(F)(F)F)c1ccc(OC(F)F)c(C2=C[C@@]3(CCCN[C@H]3c3ccccc3)OC2)c1. The van der Waals surface area contributed by atoms with E-state index in [2.05, 4.69) is 10.1 Å². The van der Waals surface area contributed by atoms with Crippen molar-refractivity contribution in [2.24, 2.45) is 0 Å². The number of alkyl halides is 5. The van der Waals surface area contributed by atoms with Gasteiger partial charge in [0.1, 0.15) is 11.4 Å². The third kappa shape index (κ3) is 4.78. The molecule has 1 saturated heterocycles. The molecule has 2 aromatic carbocycles.